The van der Waals surface area contributed by atoms with E-state index in [1.165, 1.54) is 18.2 Å². The van der Waals surface area contributed by atoms with Gasteiger partial charge in [0.05, 0.1) is 0 Å². The number of nitrogens with one attached hydrogen (secondary N) is 2. The van der Waals surface area contributed by atoms with Gasteiger partial charge in [0, 0.05) is 12.2 Å². The molecule has 21 heavy (non-hydrogen) atoms. The molecule has 0 aliphatic heterocycles. The van der Waals surface area contributed by atoms with Crippen molar-refractivity contribution >= 4 is 11.7 Å². The van der Waals surface area contributed by atoms with Crippen molar-refractivity contribution in [1.82, 2.24) is 5.32 Å². The highest BCUT2D eigenvalue weighted by molar-refractivity contribution is 5.89. The predicted molar refractivity (Wildman–Crippen MR) is 78.3 cm³/mol. The van der Waals surface area contributed by atoms with Crippen LogP contribution >= 0.6 is 0 Å². The van der Waals surface area contributed by atoms with E-state index in [2.05, 4.69) is 10.6 Å². The molecule has 2 rings (SSSR count). The monoisotopic (exact) mass is 290 g/mol. The largest absolute Gasteiger partial charge is 0.338 e. The Balaban J connectivity index is 1.81. The van der Waals surface area contributed by atoms with Crippen molar-refractivity contribution in [3.63, 3.8) is 0 Å². The van der Waals surface area contributed by atoms with E-state index in [9.17, 15) is 13.6 Å². The molecular weight excluding hydrogens is 274 g/mol. The Morgan fingerprint density at radius 1 is 1.14 bits per heavy atom. The first-order valence-corrected chi connectivity index (χ1v) is 6.60. The quantitative estimate of drug-likeness (QED) is 0.887. The van der Waals surface area contributed by atoms with Gasteiger partial charge in [-0.2, -0.15) is 0 Å². The number of urea groups is 1. The highest BCUT2D eigenvalue weighted by Gasteiger charge is 2.04. The lowest BCUT2D eigenvalue weighted by molar-refractivity contribution is 0.252. The molecule has 0 fully saturated rings. The normalized spacial score (nSPS) is 10.2. The van der Waals surface area contributed by atoms with E-state index < -0.39 is 6.03 Å². The second-order valence-electron chi connectivity index (χ2n) is 4.72. The van der Waals surface area contributed by atoms with Gasteiger partial charge in [0.25, 0.3) is 0 Å². The minimum atomic E-state index is -0.422. The fourth-order valence-corrected chi connectivity index (χ4v) is 1.86. The van der Waals surface area contributed by atoms with Crippen LogP contribution in [0.5, 0.6) is 0 Å². The smallest absolute Gasteiger partial charge is 0.319 e. The molecule has 0 saturated carbocycles. The van der Waals surface area contributed by atoms with Crippen molar-refractivity contribution in [2.75, 3.05) is 11.9 Å². The summed E-state index contributed by atoms with van der Waals surface area (Å²) >= 11 is 0. The molecule has 0 aromatic heterocycles. The molecule has 0 aliphatic rings. The van der Waals surface area contributed by atoms with Gasteiger partial charge < -0.3 is 10.6 Å². The molecule has 0 aliphatic carbocycles. The Bertz CT molecular complexity index is 644. The molecule has 5 heteroatoms. The summed E-state index contributed by atoms with van der Waals surface area (Å²) in [5.41, 5.74) is 1.71. The fraction of sp³-hybridized carbons (Fsp3) is 0.188. The Kier molecular flexibility index (Phi) is 4.87. The number of hydrogen-bond donors (Lipinski definition) is 2. The maximum Gasteiger partial charge on any atom is 0.319 e. The number of amides is 2. The van der Waals surface area contributed by atoms with E-state index in [1.807, 2.05) is 0 Å². The van der Waals surface area contributed by atoms with E-state index in [-0.39, 0.29) is 11.6 Å². The molecule has 2 aromatic carbocycles. The van der Waals surface area contributed by atoms with Crippen LogP contribution in [0.4, 0.5) is 19.3 Å². The molecule has 2 N–H and O–H groups in total. The third kappa shape index (κ3) is 4.56. The third-order valence-electron chi connectivity index (χ3n) is 3.02. The van der Waals surface area contributed by atoms with Crippen molar-refractivity contribution < 1.29 is 13.6 Å². The molecule has 3 nitrogen and oxygen atoms in total. The molecule has 0 atom stereocenters. The second kappa shape index (κ2) is 6.83. The molecule has 0 bridgehead atoms. The Morgan fingerprint density at radius 3 is 2.67 bits per heavy atom. The summed E-state index contributed by atoms with van der Waals surface area (Å²) in [6, 6.07) is 10.3. The second-order valence-corrected chi connectivity index (χ2v) is 4.72. The number of carbonyl (C=O) groups is 1. The van der Waals surface area contributed by atoms with Crippen molar-refractivity contribution in [1.29, 1.82) is 0 Å². The molecule has 0 saturated heterocycles. The molecule has 2 amide bonds. The van der Waals surface area contributed by atoms with Crippen molar-refractivity contribution in [3.8, 4) is 0 Å². The third-order valence-corrected chi connectivity index (χ3v) is 3.02. The maximum absolute atomic E-state index is 13.3. The van der Waals surface area contributed by atoms with Crippen LogP contribution in [0.2, 0.25) is 0 Å². The number of anilines is 1. The first-order valence-electron chi connectivity index (χ1n) is 6.60. The lowest BCUT2D eigenvalue weighted by Gasteiger charge is -2.08. The van der Waals surface area contributed by atoms with Crippen LogP contribution in [0.25, 0.3) is 0 Å². The molecule has 110 valence electrons. The zero-order valence-corrected chi connectivity index (χ0v) is 11.6. The van der Waals surface area contributed by atoms with Gasteiger partial charge in [-0.15, -0.1) is 0 Å². The van der Waals surface area contributed by atoms with Crippen molar-refractivity contribution in [2.24, 2.45) is 0 Å². The molecular formula is C16H16F2N2O. The first-order chi connectivity index (χ1) is 10.0. The average molecular weight is 290 g/mol. The summed E-state index contributed by atoms with van der Waals surface area (Å²) in [7, 11) is 0. The van der Waals surface area contributed by atoms with Gasteiger partial charge >= 0.3 is 6.03 Å². The molecule has 0 radical (unpaired) electrons. The molecule has 0 heterocycles. The summed E-state index contributed by atoms with van der Waals surface area (Å²) < 4.78 is 26.3. The Morgan fingerprint density at radius 2 is 1.95 bits per heavy atom. The first kappa shape index (κ1) is 15.0. The number of benzene rings is 2. The summed E-state index contributed by atoms with van der Waals surface area (Å²) in [5.74, 6) is -0.667. The Hall–Kier alpha value is -2.43. The predicted octanol–water partition coefficient (Wildman–Crippen LogP) is 3.64. The minimum Gasteiger partial charge on any atom is -0.338 e. The zero-order chi connectivity index (χ0) is 15.2. The van der Waals surface area contributed by atoms with E-state index in [0.29, 0.717) is 24.2 Å². The topological polar surface area (TPSA) is 41.1 Å². The van der Waals surface area contributed by atoms with Crippen LogP contribution in [0, 0.1) is 18.6 Å². The van der Waals surface area contributed by atoms with E-state index >= 15 is 0 Å². The summed E-state index contributed by atoms with van der Waals surface area (Å²) in [6.07, 6.45) is 0.521. The lowest BCUT2D eigenvalue weighted by Crippen LogP contribution is -2.30. The van der Waals surface area contributed by atoms with Crippen molar-refractivity contribution in [3.05, 3.63) is 65.2 Å². The number of halogens is 2. The van der Waals surface area contributed by atoms with Gasteiger partial charge in [0.15, 0.2) is 0 Å². The van der Waals surface area contributed by atoms with Gasteiger partial charge in [-0.1, -0.05) is 18.2 Å². The summed E-state index contributed by atoms with van der Waals surface area (Å²) in [6.45, 7) is 2.02. The van der Waals surface area contributed by atoms with E-state index in [0.717, 1.165) is 5.56 Å². The van der Waals surface area contributed by atoms with Gasteiger partial charge in [-0.05, 0) is 48.7 Å². The summed E-state index contributed by atoms with van der Waals surface area (Å²) in [4.78, 5) is 11.6. The number of hydrogen-bond acceptors (Lipinski definition) is 1. The molecule has 0 spiro atoms. The van der Waals surface area contributed by atoms with Gasteiger partial charge in [-0.25, -0.2) is 13.6 Å². The van der Waals surface area contributed by atoms with Crippen LogP contribution in [0.1, 0.15) is 11.1 Å². The van der Waals surface area contributed by atoms with Crippen LogP contribution in [0.3, 0.4) is 0 Å². The minimum absolute atomic E-state index is 0.299. The van der Waals surface area contributed by atoms with E-state index in [1.54, 1.807) is 31.2 Å². The number of carbonyl (C=O) groups excluding carboxylic acids is 1. The van der Waals surface area contributed by atoms with Crippen LogP contribution in [0.15, 0.2) is 42.5 Å². The standard InChI is InChI=1S/C16H16F2N2O/c1-11-5-6-14(10-15(11)18)20-16(21)19-8-7-12-3-2-4-13(17)9-12/h2-6,9-10H,7-8H2,1H3,(H2,19,20,21). The number of aryl methyl sites for hydroxylation is 1. The van der Waals surface area contributed by atoms with Crippen LogP contribution in [-0.4, -0.2) is 12.6 Å². The van der Waals surface area contributed by atoms with Gasteiger partial charge in [-0.3, -0.25) is 0 Å². The van der Waals surface area contributed by atoms with Gasteiger partial charge in [0.2, 0.25) is 0 Å². The van der Waals surface area contributed by atoms with Crippen LogP contribution < -0.4 is 10.6 Å². The average Bonchev–Trinajstić information content (AvgIpc) is 2.43. The summed E-state index contributed by atoms with van der Waals surface area (Å²) in [5, 5.41) is 5.18. The lowest BCUT2D eigenvalue weighted by atomic mass is 10.1. The molecule has 0 unspecified atom stereocenters. The number of rotatable bonds is 4. The Labute approximate surface area is 122 Å². The van der Waals surface area contributed by atoms with Crippen molar-refractivity contribution in [2.45, 2.75) is 13.3 Å². The van der Waals surface area contributed by atoms with Gasteiger partial charge in [0.1, 0.15) is 11.6 Å². The zero-order valence-electron chi connectivity index (χ0n) is 11.6. The fourth-order valence-electron chi connectivity index (χ4n) is 1.86. The molecule has 2 aromatic rings. The highest BCUT2D eigenvalue weighted by atomic mass is 19.1. The highest BCUT2D eigenvalue weighted by Crippen LogP contribution is 2.13. The SMILES string of the molecule is Cc1ccc(NC(=O)NCCc2cccc(F)c2)cc1F. The maximum atomic E-state index is 13.3. The van der Waals surface area contributed by atoms with Crippen LogP contribution in [-0.2, 0) is 6.42 Å². The van der Waals surface area contributed by atoms with E-state index in [4.69, 9.17) is 0 Å².